The number of aromatic nitrogens is 4. The van der Waals surface area contributed by atoms with Crippen molar-refractivity contribution in [2.24, 2.45) is 0 Å². The molecule has 8 nitrogen and oxygen atoms in total. The molecule has 0 saturated heterocycles. The number of benzene rings is 1. The second kappa shape index (κ2) is 9.29. The molecule has 0 spiro atoms. The molecule has 0 aliphatic heterocycles. The van der Waals surface area contributed by atoms with Gasteiger partial charge in [-0.2, -0.15) is 19.0 Å². The number of methoxy groups -OCH3 is 1. The van der Waals surface area contributed by atoms with Gasteiger partial charge >= 0.3 is 0 Å². The van der Waals surface area contributed by atoms with Crippen LogP contribution in [0.3, 0.4) is 0 Å². The number of alkyl halides is 2. The number of halogens is 4. The summed E-state index contributed by atoms with van der Waals surface area (Å²) in [7, 11) is 1.41. The number of rotatable bonds is 6. The molecular weight excluding hydrogens is 479 g/mol. The van der Waals surface area contributed by atoms with Gasteiger partial charge in [0.05, 0.1) is 31.1 Å². The third-order valence-electron chi connectivity index (χ3n) is 4.56. The number of hydrogen-bond donors (Lipinski definition) is 0. The van der Waals surface area contributed by atoms with Gasteiger partial charge in [0.15, 0.2) is 5.69 Å². The molecule has 2 heterocycles. The topological polar surface area (TPSA) is 103 Å². The number of hydrogen-bond acceptors (Lipinski definition) is 7. The number of nitrogens with zero attached hydrogens (tertiary/aromatic N) is 5. The lowest BCUT2D eigenvalue weighted by Gasteiger charge is -2.18. The predicted molar refractivity (Wildman–Crippen MR) is 116 cm³/mol. The Morgan fingerprint density at radius 1 is 1.24 bits per heavy atom. The van der Waals surface area contributed by atoms with Crippen molar-refractivity contribution >= 4 is 23.2 Å². The summed E-state index contributed by atoms with van der Waals surface area (Å²) in [6.07, 6.45) is 0.973. The van der Waals surface area contributed by atoms with E-state index in [0.29, 0.717) is 24.0 Å². The Bertz CT molecular complexity index is 1330. The second-order valence-corrected chi connectivity index (χ2v) is 7.88. The van der Waals surface area contributed by atoms with Gasteiger partial charge in [0.2, 0.25) is 11.6 Å². The monoisotopic (exact) mass is 495 g/mol. The Labute approximate surface area is 197 Å². The first-order valence-electron chi connectivity index (χ1n) is 9.39. The van der Waals surface area contributed by atoms with Gasteiger partial charge in [-0.05, 0) is 19.9 Å². The van der Waals surface area contributed by atoms with Gasteiger partial charge < -0.3 is 9.47 Å². The van der Waals surface area contributed by atoms with Crippen molar-refractivity contribution in [3.05, 3.63) is 67.2 Å². The molecule has 2 aromatic heterocycles. The molecular formula is C21H17Cl2F2N5O3. The Morgan fingerprint density at radius 2 is 1.94 bits per heavy atom. The lowest BCUT2D eigenvalue weighted by Crippen LogP contribution is -2.27. The van der Waals surface area contributed by atoms with E-state index in [4.69, 9.17) is 32.7 Å². The molecule has 0 aliphatic carbocycles. The van der Waals surface area contributed by atoms with Crippen LogP contribution in [0.4, 0.5) is 8.78 Å². The SMILES string of the molecule is COc1nc(C)nc(C)c1Cn1cnc(C(C)(F)F)c(Oc2cc(Cl)cc(C#N)c2Cl)c1=O. The fourth-order valence-corrected chi connectivity index (χ4v) is 3.44. The zero-order valence-electron chi connectivity index (χ0n) is 17.9. The van der Waals surface area contributed by atoms with Gasteiger partial charge in [-0.3, -0.25) is 9.36 Å². The van der Waals surface area contributed by atoms with Crippen molar-refractivity contribution in [3.8, 4) is 23.4 Å². The minimum atomic E-state index is -3.52. The molecule has 3 aromatic rings. The lowest BCUT2D eigenvalue weighted by molar-refractivity contribution is 0.0101. The third-order valence-corrected chi connectivity index (χ3v) is 5.17. The van der Waals surface area contributed by atoms with Crippen LogP contribution in [0.25, 0.3) is 0 Å². The molecule has 0 unspecified atom stereocenters. The van der Waals surface area contributed by atoms with Crippen molar-refractivity contribution in [2.45, 2.75) is 33.2 Å². The van der Waals surface area contributed by atoms with Gasteiger partial charge in [-0.15, -0.1) is 0 Å². The summed E-state index contributed by atoms with van der Waals surface area (Å²) in [6.45, 7) is 3.83. The molecule has 0 atom stereocenters. The highest BCUT2D eigenvalue weighted by Gasteiger charge is 2.34. The minimum absolute atomic E-state index is 0.0506. The summed E-state index contributed by atoms with van der Waals surface area (Å²) in [6, 6.07) is 4.30. The summed E-state index contributed by atoms with van der Waals surface area (Å²) >= 11 is 12.1. The number of nitriles is 1. The third kappa shape index (κ3) is 5.05. The fourth-order valence-electron chi connectivity index (χ4n) is 3.04. The Morgan fingerprint density at radius 3 is 2.55 bits per heavy atom. The van der Waals surface area contributed by atoms with Crippen molar-refractivity contribution in [2.75, 3.05) is 7.11 Å². The predicted octanol–water partition coefficient (Wildman–Crippen LogP) is 4.79. The van der Waals surface area contributed by atoms with Crippen molar-refractivity contribution in [1.29, 1.82) is 5.26 Å². The first-order valence-corrected chi connectivity index (χ1v) is 10.1. The molecule has 172 valence electrons. The van der Waals surface area contributed by atoms with Gasteiger partial charge in [0.1, 0.15) is 22.7 Å². The maximum absolute atomic E-state index is 14.3. The fraction of sp³-hybridized carbons (Fsp3) is 0.286. The molecule has 0 N–H and O–H groups in total. The quantitative estimate of drug-likeness (QED) is 0.484. The molecule has 12 heteroatoms. The van der Waals surface area contributed by atoms with E-state index < -0.39 is 22.9 Å². The summed E-state index contributed by atoms with van der Waals surface area (Å²) in [5.41, 5.74) is -0.873. The van der Waals surface area contributed by atoms with E-state index in [-0.39, 0.29) is 33.8 Å². The molecule has 0 bridgehead atoms. The molecule has 3 rings (SSSR count). The van der Waals surface area contributed by atoms with Crippen LogP contribution in [0.15, 0.2) is 23.3 Å². The number of aryl methyl sites for hydroxylation is 2. The van der Waals surface area contributed by atoms with Crippen LogP contribution in [-0.4, -0.2) is 26.6 Å². The molecule has 0 saturated carbocycles. The molecule has 1 aromatic carbocycles. The lowest BCUT2D eigenvalue weighted by atomic mass is 10.2. The molecule has 0 fully saturated rings. The summed E-state index contributed by atoms with van der Waals surface area (Å²) < 4.78 is 40.4. The summed E-state index contributed by atoms with van der Waals surface area (Å²) in [4.78, 5) is 25.4. The highest BCUT2D eigenvalue weighted by molar-refractivity contribution is 6.35. The highest BCUT2D eigenvalue weighted by Crippen LogP contribution is 2.38. The smallest absolute Gasteiger partial charge is 0.297 e. The van der Waals surface area contributed by atoms with E-state index in [9.17, 15) is 18.8 Å². The molecule has 0 radical (unpaired) electrons. The van der Waals surface area contributed by atoms with Crippen LogP contribution in [0.1, 0.15) is 35.3 Å². The first kappa shape index (κ1) is 24.4. The Kier molecular flexibility index (Phi) is 6.86. The number of ether oxygens (including phenoxy) is 2. The standard InChI is InChI=1S/C21H17Cl2F2N5O3/c1-10-14(19(32-4)29-11(2)28-10)8-30-9-27-18(21(3,24)25)17(20(30)31)33-15-6-13(22)5-12(7-26)16(15)23/h5-6,9H,8H2,1-4H3. The van der Waals surface area contributed by atoms with Crippen molar-refractivity contribution in [3.63, 3.8) is 0 Å². The van der Waals surface area contributed by atoms with Crippen LogP contribution in [0.2, 0.25) is 10.0 Å². The van der Waals surface area contributed by atoms with Crippen LogP contribution in [-0.2, 0) is 12.5 Å². The zero-order chi connectivity index (χ0) is 24.5. The first-order chi connectivity index (χ1) is 15.5. The Balaban J connectivity index is 2.18. The largest absolute Gasteiger partial charge is 0.481 e. The van der Waals surface area contributed by atoms with Gasteiger partial charge in [-0.1, -0.05) is 23.2 Å². The normalized spacial score (nSPS) is 11.2. The van der Waals surface area contributed by atoms with Crippen LogP contribution < -0.4 is 15.0 Å². The summed E-state index contributed by atoms with van der Waals surface area (Å²) in [5, 5.41) is 9.08. The minimum Gasteiger partial charge on any atom is -0.481 e. The highest BCUT2D eigenvalue weighted by atomic mass is 35.5. The average Bonchev–Trinajstić information content (AvgIpc) is 2.73. The van der Waals surface area contributed by atoms with Crippen molar-refractivity contribution < 1.29 is 18.3 Å². The molecule has 33 heavy (non-hydrogen) atoms. The van der Waals surface area contributed by atoms with Gasteiger partial charge in [0.25, 0.3) is 11.5 Å². The van der Waals surface area contributed by atoms with E-state index in [1.165, 1.54) is 19.2 Å². The van der Waals surface area contributed by atoms with Gasteiger partial charge in [-0.25, -0.2) is 9.97 Å². The van der Waals surface area contributed by atoms with E-state index >= 15 is 0 Å². The van der Waals surface area contributed by atoms with E-state index in [1.54, 1.807) is 13.8 Å². The van der Waals surface area contributed by atoms with Crippen LogP contribution in [0.5, 0.6) is 17.4 Å². The second-order valence-electron chi connectivity index (χ2n) is 7.07. The van der Waals surface area contributed by atoms with Crippen LogP contribution >= 0.6 is 23.2 Å². The molecule has 0 aliphatic rings. The van der Waals surface area contributed by atoms with Crippen LogP contribution in [0, 0.1) is 25.2 Å². The molecule has 0 amide bonds. The maximum Gasteiger partial charge on any atom is 0.297 e. The van der Waals surface area contributed by atoms with Gasteiger partial charge in [0, 0.05) is 23.7 Å². The van der Waals surface area contributed by atoms with E-state index in [0.717, 1.165) is 10.9 Å². The zero-order valence-corrected chi connectivity index (χ0v) is 19.4. The Hall–Kier alpha value is -3.29. The summed E-state index contributed by atoms with van der Waals surface area (Å²) in [5.74, 6) is -3.82. The maximum atomic E-state index is 14.3. The van der Waals surface area contributed by atoms with E-state index in [2.05, 4.69) is 15.0 Å². The van der Waals surface area contributed by atoms with Crippen molar-refractivity contribution in [1.82, 2.24) is 19.5 Å². The average molecular weight is 496 g/mol. The van der Waals surface area contributed by atoms with E-state index in [1.807, 2.05) is 6.07 Å².